The Hall–Kier alpha value is -0.770. The Kier molecular flexibility index (Phi) is 4.59. The molecular formula is C12H20N2OS. The monoisotopic (exact) mass is 240 g/mol. The highest BCUT2D eigenvalue weighted by Gasteiger charge is 2.11. The third-order valence-corrected chi connectivity index (χ3v) is 3.43. The first-order valence-corrected chi connectivity index (χ1v) is 6.80. The third-order valence-electron chi connectivity index (χ3n) is 2.70. The average Bonchev–Trinajstić information content (AvgIpc) is 2.22. The number of thioether (sulfide) groups is 1. The molecule has 3 nitrogen and oxygen atoms in total. The second kappa shape index (κ2) is 5.53. The quantitative estimate of drug-likeness (QED) is 0.599. The van der Waals surface area contributed by atoms with Crippen molar-refractivity contribution in [1.82, 2.24) is 9.55 Å². The van der Waals surface area contributed by atoms with Crippen LogP contribution in [0, 0.1) is 12.8 Å². The first kappa shape index (κ1) is 13.3. The first-order valence-electron chi connectivity index (χ1n) is 5.57. The summed E-state index contributed by atoms with van der Waals surface area (Å²) >= 11 is 1.51. The largest absolute Gasteiger partial charge is 0.291 e. The highest BCUT2D eigenvalue weighted by Crippen LogP contribution is 2.13. The maximum atomic E-state index is 12.1. The molecule has 0 aliphatic carbocycles. The minimum absolute atomic E-state index is 0.109. The van der Waals surface area contributed by atoms with Gasteiger partial charge in [-0.1, -0.05) is 25.6 Å². The van der Waals surface area contributed by atoms with Gasteiger partial charge in [-0.15, -0.1) is 0 Å². The molecule has 0 aromatic carbocycles. The van der Waals surface area contributed by atoms with E-state index in [0.29, 0.717) is 5.92 Å². The van der Waals surface area contributed by atoms with E-state index in [1.165, 1.54) is 11.8 Å². The molecule has 0 radical (unpaired) electrons. The standard InChI is InChI=1S/C12H20N2OS/c1-8(2)6-7-10-9(3)13-12(16-5)14(4)11(10)15/h8H,6-7H2,1-5H3. The van der Waals surface area contributed by atoms with Crippen LogP contribution in [0.25, 0.3) is 0 Å². The topological polar surface area (TPSA) is 34.9 Å². The molecule has 1 rings (SSSR count). The molecule has 90 valence electrons. The van der Waals surface area contributed by atoms with Crippen LogP contribution in [0.4, 0.5) is 0 Å². The number of aromatic nitrogens is 2. The number of aryl methyl sites for hydroxylation is 1. The van der Waals surface area contributed by atoms with Crippen molar-refractivity contribution >= 4 is 11.8 Å². The fraction of sp³-hybridized carbons (Fsp3) is 0.667. The molecule has 4 heteroatoms. The van der Waals surface area contributed by atoms with Crippen molar-refractivity contribution in [3.05, 3.63) is 21.6 Å². The maximum Gasteiger partial charge on any atom is 0.257 e. The summed E-state index contributed by atoms with van der Waals surface area (Å²) in [6.07, 6.45) is 3.81. The van der Waals surface area contributed by atoms with E-state index in [0.717, 1.165) is 29.3 Å². The van der Waals surface area contributed by atoms with E-state index in [4.69, 9.17) is 0 Å². The minimum atomic E-state index is 0.109. The molecule has 0 amide bonds. The molecule has 0 saturated heterocycles. The van der Waals surface area contributed by atoms with Crippen LogP contribution in [0.1, 0.15) is 31.5 Å². The number of rotatable bonds is 4. The second-order valence-corrected chi connectivity index (χ2v) is 5.23. The molecule has 0 N–H and O–H groups in total. The van der Waals surface area contributed by atoms with Gasteiger partial charge in [0.05, 0.1) is 0 Å². The van der Waals surface area contributed by atoms with Gasteiger partial charge in [0.25, 0.3) is 5.56 Å². The van der Waals surface area contributed by atoms with Gasteiger partial charge in [-0.05, 0) is 31.9 Å². The van der Waals surface area contributed by atoms with Gasteiger partial charge >= 0.3 is 0 Å². The van der Waals surface area contributed by atoms with Crippen LogP contribution in [-0.2, 0) is 13.5 Å². The van der Waals surface area contributed by atoms with Gasteiger partial charge in [0, 0.05) is 18.3 Å². The van der Waals surface area contributed by atoms with E-state index in [1.54, 1.807) is 11.6 Å². The summed E-state index contributed by atoms with van der Waals surface area (Å²) in [7, 11) is 1.79. The zero-order valence-corrected chi connectivity index (χ0v) is 11.5. The van der Waals surface area contributed by atoms with Crippen molar-refractivity contribution < 1.29 is 0 Å². The summed E-state index contributed by atoms with van der Waals surface area (Å²) in [4.78, 5) is 16.5. The summed E-state index contributed by atoms with van der Waals surface area (Å²) < 4.78 is 1.65. The number of nitrogens with zero attached hydrogens (tertiary/aromatic N) is 2. The molecule has 0 aliphatic rings. The summed E-state index contributed by atoms with van der Waals surface area (Å²) in [5.41, 5.74) is 1.86. The van der Waals surface area contributed by atoms with Crippen molar-refractivity contribution in [1.29, 1.82) is 0 Å². The van der Waals surface area contributed by atoms with E-state index >= 15 is 0 Å². The SMILES string of the molecule is CSc1nc(C)c(CCC(C)C)c(=O)n1C. The van der Waals surface area contributed by atoms with E-state index in [1.807, 2.05) is 13.2 Å². The lowest BCUT2D eigenvalue weighted by Gasteiger charge is -2.11. The predicted molar refractivity (Wildman–Crippen MR) is 69.2 cm³/mol. The molecule has 0 spiro atoms. The van der Waals surface area contributed by atoms with Crippen molar-refractivity contribution in [3.63, 3.8) is 0 Å². The van der Waals surface area contributed by atoms with Gasteiger partial charge in [0.1, 0.15) is 0 Å². The van der Waals surface area contributed by atoms with Crippen LogP contribution >= 0.6 is 11.8 Å². The van der Waals surface area contributed by atoms with Crippen LogP contribution in [0.2, 0.25) is 0 Å². The fourth-order valence-corrected chi connectivity index (χ4v) is 2.22. The second-order valence-electron chi connectivity index (χ2n) is 4.46. The van der Waals surface area contributed by atoms with Gasteiger partial charge in [-0.25, -0.2) is 4.98 Å². The molecule has 0 saturated carbocycles. The van der Waals surface area contributed by atoms with Gasteiger partial charge < -0.3 is 0 Å². The molecule has 1 aromatic heterocycles. The lowest BCUT2D eigenvalue weighted by Crippen LogP contribution is -2.25. The van der Waals surface area contributed by atoms with Crippen LogP contribution in [0.3, 0.4) is 0 Å². The van der Waals surface area contributed by atoms with Gasteiger partial charge in [0.15, 0.2) is 5.16 Å². The lowest BCUT2D eigenvalue weighted by atomic mass is 10.0. The Morgan fingerprint density at radius 1 is 1.44 bits per heavy atom. The third kappa shape index (κ3) is 2.88. The normalized spacial score (nSPS) is 11.1. The highest BCUT2D eigenvalue weighted by molar-refractivity contribution is 7.98. The zero-order valence-electron chi connectivity index (χ0n) is 10.7. The Labute approximate surface area is 101 Å². The number of hydrogen-bond donors (Lipinski definition) is 0. The van der Waals surface area contributed by atoms with Crippen molar-refractivity contribution in [2.75, 3.05) is 6.26 Å². The van der Waals surface area contributed by atoms with Crippen LogP contribution < -0.4 is 5.56 Å². The Bertz CT molecular complexity index is 424. The highest BCUT2D eigenvalue weighted by atomic mass is 32.2. The van der Waals surface area contributed by atoms with E-state index in [2.05, 4.69) is 18.8 Å². The molecule has 16 heavy (non-hydrogen) atoms. The van der Waals surface area contributed by atoms with Gasteiger partial charge in [-0.3, -0.25) is 9.36 Å². The van der Waals surface area contributed by atoms with Crippen molar-refractivity contribution in [2.24, 2.45) is 13.0 Å². The summed E-state index contributed by atoms with van der Waals surface area (Å²) in [5, 5.41) is 0.788. The Morgan fingerprint density at radius 2 is 2.06 bits per heavy atom. The molecule has 0 atom stereocenters. The minimum Gasteiger partial charge on any atom is -0.291 e. The molecular weight excluding hydrogens is 220 g/mol. The Morgan fingerprint density at radius 3 is 2.56 bits per heavy atom. The molecule has 0 fully saturated rings. The summed E-state index contributed by atoms with van der Waals surface area (Å²) in [6.45, 7) is 6.27. The smallest absolute Gasteiger partial charge is 0.257 e. The molecule has 1 heterocycles. The van der Waals surface area contributed by atoms with E-state index < -0.39 is 0 Å². The van der Waals surface area contributed by atoms with Crippen LogP contribution in [0.15, 0.2) is 9.95 Å². The summed E-state index contributed by atoms with van der Waals surface area (Å²) in [5.74, 6) is 0.615. The number of hydrogen-bond acceptors (Lipinski definition) is 3. The Balaban J connectivity index is 3.11. The van der Waals surface area contributed by atoms with E-state index in [9.17, 15) is 4.79 Å². The van der Waals surface area contributed by atoms with Gasteiger partial charge in [0.2, 0.25) is 0 Å². The maximum absolute atomic E-state index is 12.1. The van der Waals surface area contributed by atoms with Crippen LogP contribution in [-0.4, -0.2) is 15.8 Å². The fourth-order valence-electron chi connectivity index (χ4n) is 1.63. The molecule has 1 aromatic rings. The van der Waals surface area contributed by atoms with Crippen LogP contribution in [0.5, 0.6) is 0 Å². The predicted octanol–water partition coefficient (Wildman–Crippen LogP) is 2.40. The molecule has 0 unspecified atom stereocenters. The lowest BCUT2D eigenvalue weighted by molar-refractivity contribution is 0.573. The molecule has 0 bridgehead atoms. The molecule has 0 aliphatic heterocycles. The van der Waals surface area contributed by atoms with E-state index in [-0.39, 0.29) is 5.56 Å². The zero-order chi connectivity index (χ0) is 12.3. The van der Waals surface area contributed by atoms with Crippen molar-refractivity contribution in [3.8, 4) is 0 Å². The summed E-state index contributed by atoms with van der Waals surface area (Å²) in [6, 6.07) is 0. The first-order chi connectivity index (χ1) is 7.47. The van der Waals surface area contributed by atoms with Crippen molar-refractivity contribution in [2.45, 2.75) is 38.8 Å². The van der Waals surface area contributed by atoms with Gasteiger partial charge in [-0.2, -0.15) is 0 Å². The average molecular weight is 240 g/mol.